The monoisotopic (exact) mass is 330 g/mol. The topological polar surface area (TPSA) is 61.4 Å². The van der Waals surface area contributed by atoms with Gasteiger partial charge in [0.2, 0.25) is 0 Å². The first-order valence-corrected chi connectivity index (χ1v) is 8.93. The van der Waals surface area contributed by atoms with Crippen molar-refractivity contribution in [2.24, 2.45) is 0 Å². The number of ether oxygens (including phenoxy) is 1. The lowest BCUT2D eigenvalue weighted by Crippen LogP contribution is -2.24. The second-order valence-electron chi connectivity index (χ2n) is 5.76. The Morgan fingerprint density at radius 1 is 1.13 bits per heavy atom. The van der Waals surface area contributed by atoms with Gasteiger partial charge < -0.3 is 14.6 Å². The average Bonchev–Trinajstić information content (AvgIpc) is 2.52. The highest BCUT2D eigenvalue weighted by Gasteiger charge is 2.19. The van der Waals surface area contributed by atoms with Crippen molar-refractivity contribution in [3.63, 3.8) is 0 Å². The van der Waals surface area contributed by atoms with Gasteiger partial charge in [0.25, 0.3) is 0 Å². The Kier molecular flexibility index (Phi) is 5.43. The summed E-state index contributed by atoms with van der Waals surface area (Å²) in [6.07, 6.45) is 3.65. The highest BCUT2D eigenvalue weighted by atomic mass is 32.2. The molecular weight excluding hydrogens is 310 g/mol. The van der Waals surface area contributed by atoms with Crippen LogP contribution in [0.4, 0.5) is 0 Å². The molecule has 0 saturated heterocycles. The Labute approximate surface area is 139 Å². The molecule has 0 amide bonds. The van der Waals surface area contributed by atoms with E-state index in [0.29, 0.717) is 18.0 Å². The molecule has 2 aromatic carbocycles. The van der Waals surface area contributed by atoms with Gasteiger partial charge in [-0.2, -0.15) is 0 Å². The summed E-state index contributed by atoms with van der Waals surface area (Å²) >= 11 is -2.24. The average molecular weight is 330 g/mol. The van der Waals surface area contributed by atoms with Crippen molar-refractivity contribution in [3.8, 4) is 5.75 Å². The Morgan fingerprint density at radius 2 is 1.91 bits per heavy atom. The molecule has 0 aromatic heterocycles. The van der Waals surface area contributed by atoms with Gasteiger partial charge in [0.05, 0.1) is 6.10 Å². The third-order valence-electron chi connectivity index (χ3n) is 4.05. The molecule has 1 unspecified atom stereocenters. The number of hydrogen-bond donors (Lipinski definition) is 1. The van der Waals surface area contributed by atoms with Gasteiger partial charge in [-0.15, -0.1) is 0 Å². The lowest BCUT2D eigenvalue weighted by molar-refractivity contribution is 0.120. The first-order chi connectivity index (χ1) is 11.2. The molecule has 1 aliphatic carbocycles. The molecule has 1 aliphatic rings. The summed E-state index contributed by atoms with van der Waals surface area (Å²) in [5, 5.41) is 3.29. The van der Waals surface area contributed by atoms with Crippen LogP contribution in [0.15, 0.2) is 53.4 Å². The molecule has 1 atom stereocenters. The van der Waals surface area contributed by atoms with Gasteiger partial charge in [-0.05, 0) is 59.7 Å². The van der Waals surface area contributed by atoms with Crippen molar-refractivity contribution in [2.45, 2.75) is 43.4 Å². The van der Waals surface area contributed by atoms with Crippen LogP contribution in [0.2, 0.25) is 0 Å². The van der Waals surface area contributed by atoms with Crippen LogP contribution < -0.4 is 10.1 Å². The molecule has 0 spiro atoms. The lowest BCUT2D eigenvalue weighted by atomic mass is 9.96. The summed E-state index contributed by atoms with van der Waals surface area (Å²) in [6, 6.07) is 15.2. The molecule has 0 aliphatic heterocycles. The highest BCUT2D eigenvalue weighted by Crippen LogP contribution is 2.27. The Balaban J connectivity index is 1.67. The van der Waals surface area contributed by atoms with Crippen LogP contribution in [0.3, 0.4) is 0 Å². The lowest BCUT2D eigenvalue weighted by Gasteiger charge is -2.27. The van der Waals surface area contributed by atoms with Crippen molar-refractivity contribution in [2.75, 3.05) is 0 Å². The normalized spacial score (nSPS) is 15.9. The van der Waals surface area contributed by atoms with Gasteiger partial charge in [-0.1, -0.05) is 30.3 Å². The van der Waals surface area contributed by atoms with Gasteiger partial charge >= 0.3 is 0 Å². The first kappa shape index (κ1) is 16.2. The predicted molar refractivity (Wildman–Crippen MR) is 88.9 cm³/mol. The van der Waals surface area contributed by atoms with E-state index in [0.717, 1.165) is 24.2 Å². The second-order valence-corrected chi connectivity index (χ2v) is 6.67. The third-order valence-corrected chi connectivity index (χ3v) is 4.81. The van der Waals surface area contributed by atoms with E-state index in [1.165, 1.54) is 12.0 Å². The SMILES string of the molecule is O=S([O-])c1ccc(OC2CCC2)cc1CNCc1ccccc1. The summed E-state index contributed by atoms with van der Waals surface area (Å²) in [5.74, 6) is 0.750. The molecule has 2 aromatic rings. The maximum atomic E-state index is 11.4. The van der Waals surface area contributed by atoms with Crippen molar-refractivity contribution in [1.82, 2.24) is 5.32 Å². The molecule has 3 rings (SSSR count). The fourth-order valence-corrected chi connectivity index (χ4v) is 3.07. The van der Waals surface area contributed by atoms with Crippen molar-refractivity contribution >= 4 is 11.1 Å². The quantitative estimate of drug-likeness (QED) is 0.792. The molecule has 122 valence electrons. The Hall–Kier alpha value is -1.69. The van der Waals surface area contributed by atoms with Gasteiger partial charge in [-0.3, -0.25) is 4.21 Å². The van der Waals surface area contributed by atoms with E-state index >= 15 is 0 Å². The van der Waals surface area contributed by atoms with E-state index in [9.17, 15) is 8.76 Å². The maximum absolute atomic E-state index is 11.4. The maximum Gasteiger partial charge on any atom is 0.120 e. The molecule has 0 heterocycles. The van der Waals surface area contributed by atoms with E-state index in [4.69, 9.17) is 4.74 Å². The predicted octanol–water partition coefficient (Wildman–Crippen LogP) is 3.15. The summed E-state index contributed by atoms with van der Waals surface area (Å²) in [7, 11) is 0. The van der Waals surface area contributed by atoms with Gasteiger partial charge in [0.1, 0.15) is 5.75 Å². The molecule has 5 heteroatoms. The van der Waals surface area contributed by atoms with E-state index in [1.54, 1.807) is 12.1 Å². The summed E-state index contributed by atoms with van der Waals surface area (Å²) < 4.78 is 28.6. The van der Waals surface area contributed by atoms with Crippen molar-refractivity contribution in [1.29, 1.82) is 0 Å². The molecule has 1 N–H and O–H groups in total. The third kappa shape index (κ3) is 4.41. The van der Waals surface area contributed by atoms with E-state index in [1.807, 2.05) is 36.4 Å². The first-order valence-electron chi connectivity index (χ1n) is 7.86. The number of hydrogen-bond acceptors (Lipinski definition) is 4. The standard InChI is InChI=1S/C18H21NO3S/c20-23(21)18-10-9-17(22-16-7-4-8-16)11-15(18)13-19-12-14-5-2-1-3-6-14/h1-3,5-6,9-11,16,19H,4,7-8,12-13H2,(H,20,21)/p-1. The van der Waals surface area contributed by atoms with Gasteiger partial charge in [-0.25, -0.2) is 0 Å². The molecule has 0 radical (unpaired) electrons. The van der Waals surface area contributed by atoms with Crippen LogP contribution in [0.5, 0.6) is 5.75 Å². The zero-order valence-corrected chi connectivity index (χ0v) is 13.7. The van der Waals surface area contributed by atoms with Crippen LogP contribution in [0.25, 0.3) is 0 Å². The van der Waals surface area contributed by atoms with Crippen LogP contribution >= 0.6 is 0 Å². The molecule has 0 bridgehead atoms. The molecule has 23 heavy (non-hydrogen) atoms. The fraction of sp³-hybridized carbons (Fsp3) is 0.333. The summed E-state index contributed by atoms with van der Waals surface area (Å²) in [5.41, 5.74) is 1.91. The minimum absolute atomic E-state index is 0.281. The molecule has 1 fully saturated rings. The molecule has 4 nitrogen and oxygen atoms in total. The minimum Gasteiger partial charge on any atom is -0.768 e. The van der Waals surface area contributed by atoms with Gasteiger partial charge in [0.15, 0.2) is 0 Å². The molecule has 1 saturated carbocycles. The Morgan fingerprint density at radius 3 is 2.57 bits per heavy atom. The minimum atomic E-state index is -2.24. The zero-order chi connectivity index (χ0) is 16.1. The van der Waals surface area contributed by atoms with Crippen molar-refractivity contribution in [3.05, 3.63) is 59.7 Å². The summed E-state index contributed by atoms with van der Waals surface area (Å²) in [4.78, 5) is 0.325. The highest BCUT2D eigenvalue weighted by molar-refractivity contribution is 7.79. The van der Waals surface area contributed by atoms with E-state index in [2.05, 4.69) is 5.32 Å². The number of benzene rings is 2. The molecular formula is C18H20NO3S-. The number of rotatable bonds is 7. The van der Waals surface area contributed by atoms with Crippen LogP contribution in [-0.4, -0.2) is 14.9 Å². The second kappa shape index (κ2) is 7.73. The van der Waals surface area contributed by atoms with Crippen LogP contribution in [0, 0.1) is 0 Å². The van der Waals surface area contributed by atoms with Crippen LogP contribution in [0.1, 0.15) is 30.4 Å². The smallest absolute Gasteiger partial charge is 0.120 e. The Bertz CT molecular complexity index is 671. The van der Waals surface area contributed by atoms with Crippen LogP contribution in [-0.2, 0) is 24.2 Å². The van der Waals surface area contributed by atoms with Crippen molar-refractivity contribution < 1.29 is 13.5 Å². The van der Waals surface area contributed by atoms with E-state index in [-0.39, 0.29) is 6.10 Å². The number of nitrogens with one attached hydrogen (secondary N) is 1. The van der Waals surface area contributed by atoms with Gasteiger partial charge in [0, 0.05) is 18.0 Å². The fourth-order valence-electron chi connectivity index (χ4n) is 2.55. The summed E-state index contributed by atoms with van der Waals surface area (Å²) in [6.45, 7) is 1.18. The largest absolute Gasteiger partial charge is 0.768 e. The van der Waals surface area contributed by atoms with E-state index < -0.39 is 11.1 Å². The zero-order valence-electron chi connectivity index (χ0n) is 12.9.